The van der Waals surface area contributed by atoms with Crippen LogP contribution in [0.1, 0.15) is 30.3 Å². The third kappa shape index (κ3) is 3.46. The largest absolute Gasteiger partial charge is 0.493 e. The third-order valence-corrected chi connectivity index (χ3v) is 3.65. The Morgan fingerprint density at radius 1 is 1.07 bits per heavy atom. The van der Waals surface area contributed by atoms with Gasteiger partial charge >= 0.3 is 0 Å². The minimum absolute atomic E-state index is 0.0324. The van der Waals surface area contributed by atoms with Gasteiger partial charge in [0.2, 0.25) is 11.7 Å². The molecule has 0 spiro atoms. The number of nitrogen functional groups attached to an aromatic ring is 2. The van der Waals surface area contributed by atoms with Gasteiger partial charge in [0.15, 0.2) is 11.5 Å². The van der Waals surface area contributed by atoms with Crippen molar-refractivity contribution < 1.29 is 33.4 Å². The molecule has 2 aromatic carbocycles. The van der Waals surface area contributed by atoms with E-state index in [9.17, 15) is 0 Å². The van der Waals surface area contributed by atoms with Crippen LogP contribution >= 0.6 is 0 Å². The second-order valence-corrected chi connectivity index (χ2v) is 5.23. The van der Waals surface area contributed by atoms with Crippen molar-refractivity contribution in [3.63, 3.8) is 0 Å². The normalized spacial score (nSPS) is 20.1. The molecule has 0 saturated carbocycles. The molecular formula is C19H23N5O3. The van der Waals surface area contributed by atoms with Gasteiger partial charge in [-0.1, -0.05) is 6.07 Å². The fourth-order valence-corrected chi connectivity index (χ4v) is 2.45. The molecule has 0 radical (unpaired) electrons. The molecule has 0 aliphatic carbocycles. The van der Waals surface area contributed by atoms with Gasteiger partial charge in [0, 0.05) is 33.8 Å². The molecule has 8 heteroatoms. The van der Waals surface area contributed by atoms with Gasteiger partial charge in [0.1, 0.15) is 5.82 Å². The molecular weight excluding hydrogens is 346 g/mol. The second-order valence-electron chi connectivity index (χ2n) is 5.23. The molecule has 0 aliphatic heterocycles. The predicted molar refractivity (Wildman–Crippen MR) is 107 cm³/mol. The Labute approximate surface area is 177 Å². The van der Waals surface area contributed by atoms with E-state index in [1.807, 2.05) is 0 Å². The number of fused-ring (bicyclic) bond motifs is 1. The van der Waals surface area contributed by atoms with Gasteiger partial charge in [-0.05, 0) is 24.0 Å². The number of aromatic nitrogens is 2. The van der Waals surface area contributed by atoms with Crippen LogP contribution in [0.15, 0.2) is 24.2 Å². The van der Waals surface area contributed by atoms with Crippen LogP contribution in [0.4, 0.5) is 17.5 Å². The van der Waals surface area contributed by atoms with E-state index >= 15 is 0 Å². The average Bonchev–Trinajstić information content (AvgIpc) is 2.76. The summed E-state index contributed by atoms with van der Waals surface area (Å²) in [5.74, 6) is -3.69. The lowest BCUT2D eigenvalue weighted by Crippen LogP contribution is -2.06. The van der Waals surface area contributed by atoms with Crippen molar-refractivity contribution in [3.05, 3.63) is 35.3 Å². The lowest BCUT2D eigenvalue weighted by atomic mass is 10.0. The van der Waals surface area contributed by atoms with Gasteiger partial charge in [-0.25, -0.2) is 4.98 Å². The molecule has 8 nitrogen and oxygen atoms in total. The smallest absolute Gasteiger partial charge is 0.222 e. The summed E-state index contributed by atoms with van der Waals surface area (Å²) >= 11 is 0. The number of rotatable bonds is 6. The number of aryl methyl sites for hydroxylation is 1. The van der Waals surface area contributed by atoms with Crippen molar-refractivity contribution in [1.29, 1.82) is 0 Å². The summed E-state index contributed by atoms with van der Waals surface area (Å²) < 4.78 is 122. The van der Waals surface area contributed by atoms with E-state index in [0.29, 0.717) is 0 Å². The summed E-state index contributed by atoms with van der Waals surface area (Å²) in [6.45, 7) is -3.23. The van der Waals surface area contributed by atoms with E-state index in [0.717, 1.165) is 0 Å². The number of benzene rings is 2. The van der Waals surface area contributed by atoms with Crippen LogP contribution in [0.25, 0.3) is 10.9 Å². The molecule has 5 N–H and O–H groups in total. The summed E-state index contributed by atoms with van der Waals surface area (Å²) in [5.41, 5.74) is 10.8. The maximum Gasteiger partial charge on any atom is 0.222 e. The van der Waals surface area contributed by atoms with E-state index in [1.165, 1.54) is 12.1 Å². The first-order chi connectivity index (χ1) is 18.5. The summed E-state index contributed by atoms with van der Waals surface area (Å²) in [6, 6.07) is 0.908. The Bertz CT molecular complexity index is 1420. The van der Waals surface area contributed by atoms with Gasteiger partial charge in [0.25, 0.3) is 0 Å². The van der Waals surface area contributed by atoms with Crippen LogP contribution in [0.5, 0.6) is 17.2 Å². The predicted octanol–water partition coefficient (Wildman–Crippen LogP) is 2.74. The molecule has 142 valence electrons. The Kier molecular flexibility index (Phi) is 2.12. The van der Waals surface area contributed by atoms with E-state index in [1.54, 1.807) is 0 Å². The minimum Gasteiger partial charge on any atom is -0.493 e. The molecule has 0 saturated heterocycles. The Morgan fingerprint density at radius 2 is 1.81 bits per heavy atom. The third-order valence-electron chi connectivity index (χ3n) is 3.65. The average molecular weight is 384 g/mol. The summed E-state index contributed by atoms with van der Waals surface area (Å²) in [5, 5.41) is 2.56. The fourth-order valence-electron chi connectivity index (χ4n) is 2.45. The van der Waals surface area contributed by atoms with E-state index in [2.05, 4.69) is 15.3 Å². The van der Waals surface area contributed by atoms with Crippen molar-refractivity contribution in [2.24, 2.45) is 0 Å². The molecule has 1 heterocycles. The lowest BCUT2D eigenvalue weighted by Gasteiger charge is -2.16. The van der Waals surface area contributed by atoms with Gasteiger partial charge in [-0.2, -0.15) is 4.98 Å². The van der Waals surface area contributed by atoms with Crippen molar-refractivity contribution in [1.82, 2.24) is 9.97 Å². The molecule has 27 heavy (non-hydrogen) atoms. The highest BCUT2D eigenvalue weighted by Crippen LogP contribution is 2.40. The van der Waals surface area contributed by atoms with Gasteiger partial charge < -0.3 is 31.0 Å². The number of hydrogen-bond donors (Lipinski definition) is 3. The molecule has 0 unspecified atom stereocenters. The SMILES string of the molecule is [2H]c1c(NCc2ccc3nc(N)nc(N)c3c2C([2H])([2H])[2H])c([2H])c(OC([2H])([2H])[2H])c(OC([2H])([2H])[2H])c1OC([2H])([2H])[2H]. The first-order valence-electron chi connectivity index (χ1n) is 14.3. The molecule has 0 fully saturated rings. The summed E-state index contributed by atoms with van der Waals surface area (Å²) in [6.07, 6.45) is 0. The molecule has 1 aromatic heterocycles. The van der Waals surface area contributed by atoms with Crippen molar-refractivity contribution in [2.45, 2.75) is 13.4 Å². The zero-order chi connectivity index (χ0) is 31.3. The van der Waals surface area contributed by atoms with E-state index < -0.39 is 69.5 Å². The fraction of sp³-hybridized carbons (Fsp3) is 0.263. The van der Waals surface area contributed by atoms with Crippen LogP contribution in [0.2, 0.25) is 0 Å². The van der Waals surface area contributed by atoms with Gasteiger partial charge in [-0.15, -0.1) is 0 Å². The maximum atomic E-state index is 8.49. The first-order valence-corrected chi connectivity index (χ1v) is 7.31. The van der Waals surface area contributed by atoms with Crippen LogP contribution in [0.3, 0.4) is 0 Å². The lowest BCUT2D eigenvalue weighted by molar-refractivity contribution is 0.324. The molecule has 0 bridgehead atoms. The number of methoxy groups -OCH3 is 3. The summed E-state index contributed by atoms with van der Waals surface area (Å²) in [4.78, 5) is 7.79. The number of anilines is 3. The van der Waals surface area contributed by atoms with Crippen LogP contribution in [-0.4, -0.2) is 31.1 Å². The minimum atomic E-state index is -3.31. The highest BCUT2D eigenvalue weighted by molar-refractivity contribution is 5.92. The quantitative estimate of drug-likeness (QED) is 0.595. The monoisotopic (exact) mass is 383 g/mol. The highest BCUT2D eigenvalue weighted by Gasteiger charge is 2.14. The van der Waals surface area contributed by atoms with E-state index in [4.69, 9.17) is 44.9 Å². The Morgan fingerprint density at radius 3 is 2.48 bits per heavy atom. The number of nitrogens with two attached hydrogens (primary N) is 2. The standard InChI is InChI=1S/C19H23N5O3/c1-10-11(5-6-13-16(10)18(20)24-19(21)23-13)9-22-12-7-14(25-2)17(27-4)15(8-12)26-3/h5-8,22H,9H2,1-4H3,(H4,20,21,23,24)/i1D3,2D3,3D3,4D3,7D,8D. The maximum absolute atomic E-state index is 8.49. The molecule has 3 rings (SSSR count). The number of hydrogen-bond acceptors (Lipinski definition) is 8. The van der Waals surface area contributed by atoms with Crippen LogP contribution in [-0.2, 0) is 6.54 Å². The topological polar surface area (TPSA) is 118 Å². The molecule has 3 aromatic rings. The van der Waals surface area contributed by atoms with Gasteiger partial charge in [-0.3, -0.25) is 0 Å². The summed E-state index contributed by atoms with van der Waals surface area (Å²) in [7, 11) is -9.88. The number of ether oxygens (including phenoxy) is 3. The van der Waals surface area contributed by atoms with Crippen LogP contribution in [0, 0.1) is 6.85 Å². The highest BCUT2D eigenvalue weighted by atomic mass is 16.5. The van der Waals surface area contributed by atoms with Crippen molar-refractivity contribution >= 4 is 28.4 Å². The first kappa shape index (κ1) is 7.67. The zero-order valence-electron chi connectivity index (χ0n) is 27.6. The molecule has 0 aliphatic rings. The van der Waals surface area contributed by atoms with E-state index in [-0.39, 0.29) is 33.8 Å². The second kappa shape index (κ2) is 7.45. The number of nitrogens with zero attached hydrogens (tertiary/aromatic N) is 2. The van der Waals surface area contributed by atoms with Crippen molar-refractivity contribution in [2.75, 3.05) is 37.9 Å². The van der Waals surface area contributed by atoms with Crippen molar-refractivity contribution in [3.8, 4) is 17.2 Å². The zero-order valence-corrected chi connectivity index (χ0v) is 13.6. The van der Waals surface area contributed by atoms with Crippen LogP contribution < -0.4 is 31.0 Å². The number of nitrogens with one attached hydrogen (secondary N) is 1. The Balaban J connectivity index is 2.26. The molecule has 0 atom stereocenters. The molecule has 0 amide bonds. The Hall–Kier alpha value is -3.42. The van der Waals surface area contributed by atoms with Gasteiger partial charge in [0.05, 0.1) is 41.7 Å².